The zero-order valence-electron chi connectivity index (χ0n) is 20.3. The van der Waals surface area contributed by atoms with Crippen LogP contribution in [0.2, 0.25) is 5.02 Å². The lowest BCUT2D eigenvalue weighted by molar-refractivity contribution is 0.0687. The van der Waals surface area contributed by atoms with Crippen LogP contribution in [0.3, 0.4) is 0 Å². The molecule has 0 spiro atoms. The van der Waals surface area contributed by atoms with E-state index in [-0.39, 0.29) is 5.82 Å². The highest BCUT2D eigenvalue weighted by Gasteiger charge is 2.22. The van der Waals surface area contributed by atoms with E-state index in [0.717, 1.165) is 16.5 Å². The van der Waals surface area contributed by atoms with Gasteiger partial charge in [-0.15, -0.1) is 0 Å². The van der Waals surface area contributed by atoms with Gasteiger partial charge in [-0.2, -0.15) is 0 Å². The molecule has 0 radical (unpaired) electrons. The van der Waals surface area contributed by atoms with Crippen LogP contribution in [0.5, 0.6) is 0 Å². The molecule has 182 valence electrons. The van der Waals surface area contributed by atoms with Crippen LogP contribution < -0.4 is 5.32 Å². The average Bonchev–Trinajstić information content (AvgIpc) is 2.79. The number of halogens is 2. The number of rotatable bonds is 6. The summed E-state index contributed by atoms with van der Waals surface area (Å²) in [6.07, 6.45) is 4.88. The molecule has 35 heavy (non-hydrogen) atoms. The fourth-order valence-corrected chi connectivity index (χ4v) is 4.04. The third-order valence-corrected chi connectivity index (χ3v) is 6.17. The summed E-state index contributed by atoms with van der Waals surface area (Å²) in [5, 5.41) is 25.0. The summed E-state index contributed by atoms with van der Waals surface area (Å²) >= 11 is 6.54. The van der Waals surface area contributed by atoms with Crippen LogP contribution in [0.4, 0.5) is 10.1 Å². The van der Waals surface area contributed by atoms with E-state index in [2.05, 4.69) is 20.3 Å². The van der Waals surface area contributed by atoms with Gasteiger partial charge in [-0.25, -0.2) is 14.4 Å². The number of hydrogen-bond donors (Lipinski definition) is 3. The second-order valence-electron chi connectivity index (χ2n) is 9.73. The lowest BCUT2D eigenvalue weighted by atomic mass is 9.94. The maximum atomic E-state index is 14.7. The molecule has 0 saturated carbocycles. The Morgan fingerprint density at radius 3 is 2.20 bits per heavy atom. The fourth-order valence-electron chi connectivity index (χ4n) is 3.84. The molecule has 2 aromatic heterocycles. The Morgan fingerprint density at radius 2 is 1.57 bits per heavy atom. The largest absolute Gasteiger partial charge is 0.386 e. The summed E-state index contributed by atoms with van der Waals surface area (Å²) < 4.78 is 14.7. The topological polar surface area (TPSA) is 91.2 Å². The van der Waals surface area contributed by atoms with E-state index < -0.39 is 17.2 Å². The highest BCUT2D eigenvalue weighted by atomic mass is 35.5. The number of nitrogens with zero attached hydrogens (tertiary/aromatic N) is 3. The van der Waals surface area contributed by atoms with Crippen molar-refractivity contribution in [3.05, 3.63) is 82.8 Å². The molecule has 6 nitrogen and oxygen atoms in total. The third-order valence-electron chi connectivity index (χ3n) is 5.88. The van der Waals surface area contributed by atoms with Crippen LogP contribution in [0.25, 0.3) is 22.0 Å². The first-order valence-corrected chi connectivity index (χ1v) is 11.6. The zero-order valence-corrected chi connectivity index (χ0v) is 21.0. The summed E-state index contributed by atoms with van der Waals surface area (Å²) in [6.45, 7) is 8.42. The summed E-state index contributed by atoms with van der Waals surface area (Å²) in [6, 6.07) is 9.87. The lowest BCUT2D eigenvalue weighted by Gasteiger charge is -2.23. The van der Waals surface area contributed by atoms with Gasteiger partial charge in [0, 0.05) is 35.1 Å². The molecule has 2 aromatic carbocycles. The van der Waals surface area contributed by atoms with Crippen molar-refractivity contribution >= 4 is 28.2 Å². The molecule has 4 rings (SSSR count). The van der Waals surface area contributed by atoms with E-state index in [1.54, 1.807) is 58.4 Å². The Balaban J connectivity index is 1.74. The van der Waals surface area contributed by atoms with E-state index in [1.165, 1.54) is 6.07 Å². The maximum absolute atomic E-state index is 14.7. The molecule has 0 aliphatic heterocycles. The van der Waals surface area contributed by atoms with Crippen LogP contribution >= 0.6 is 11.6 Å². The minimum absolute atomic E-state index is 0.332. The van der Waals surface area contributed by atoms with E-state index in [9.17, 15) is 14.6 Å². The number of pyridine rings is 1. The third kappa shape index (κ3) is 5.27. The van der Waals surface area contributed by atoms with Crippen LogP contribution in [0, 0.1) is 5.82 Å². The first kappa shape index (κ1) is 25.0. The van der Waals surface area contributed by atoms with Crippen molar-refractivity contribution in [1.29, 1.82) is 0 Å². The molecule has 0 amide bonds. The number of nitrogens with one attached hydrogen (secondary N) is 1. The Morgan fingerprint density at radius 1 is 0.886 bits per heavy atom. The molecule has 0 saturated heterocycles. The molecule has 4 aromatic rings. The second kappa shape index (κ2) is 9.15. The number of anilines is 1. The minimum atomic E-state index is -1.13. The first-order valence-electron chi connectivity index (χ1n) is 11.3. The van der Waals surface area contributed by atoms with E-state index >= 15 is 0 Å². The van der Waals surface area contributed by atoms with Gasteiger partial charge >= 0.3 is 0 Å². The zero-order chi connectivity index (χ0) is 25.5. The number of aliphatic hydroxyl groups is 2. The van der Waals surface area contributed by atoms with Gasteiger partial charge in [-0.1, -0.05) is 23.7 Å². The van der Waals surface area contributed by atoms with E-state index in [1.807, 2.05) is 25.1 Å². The molecule has 0 fully saturated rings. The average molecular weight is 495 g/mol. The van der Waals surface area contributed by atoms with Crippen molar-refractivity contribution in [3.63, 3.8) is 0 Å². The van der Waals surface area contributed by atoms with Crippen molar-refractivity contribution < 1.29 is 14.6 Å². The number of fused-ring (bicyclic) bond motifs is 1. The Bertz CT molecular complexity index is 1380. The van der Waals surface area contributed by atoms with Crippen molar-refractivity contribution in [1.82, 2.24) is 15.0 Å². The van der Waals surface area contributed by atoms with Gasteiger partial charge in [0.1, 0.15) is 11.4 Å². The maximum Gasteiger partial charge on any atom is 0.159 e. The van der Waals surface area contributed by atoms with Crippen LogP contribution in [0.15, 0.2) is 55.0 Å². The highest BCUT2D eigenvalue weighted by Crippen LogP contribution is 2.36. The van der Waals surface area contributed by atoms with Gasteiger partial charge in [0.25, 0.3) is 0 Å². The molecule has 2 heterocycles. The monoisotopic (exact) mass is 494 g/mol. The Kier molecular flexibility index (Phi) is 6.53. The Hall–Kier alpha value is -3.13. The standard InChI is InChI=1S/C27H28ClFN4O2/c1-15(19-11-18(26(2,3)34)7-8-22(19)29)33-24-20-10-16(6-9-23(20)30-14-21(24)28)17-12-31-25(32-13-17)27(4,5)35/h6-15,34-35H,1-5H3,(H,30,33)/t15-/m1/s1. The molecule has 1 atom stereocenters. The van der Waals surface area contributed by atoms with Crippen LogP contribution in [0.1, 0.15) is 57.6 Å². The van der Waals surface area contributed by atoms with Gasteiger partial charge in [0.15, 0.2) is 5.82 Å². The summed E-state index contributed by atoms with van der Waals surface area (Å²) in [7, 11) is 0. The lowest BCUT2D eigenvalue weighted by Crippen LogP contribution is -2.19. The Labute approximate surface area is 208 Å². The van der Waals surface area contributed by atoms with Crippen molar-refractivity contribution in [3.8, 4) is 11.1 Å². The van der Waals surface area contributed by atoms with Crippen LogP contribution in [-0.2, 0) is 11.2 Å². The van der Waals surface area contributed by atoms with Crippen molar-refractivity contribution in [2.75, 3.05) is 5.32 Å². The van der Waals surface area contributed by atoms with Crippen molar-refractivity contribution in [2.24, 2.45) is 0 Å². The highest BCUT2D eigenvalue weighted by molar-refractivity contribution is 6.34. The molecule has 0 bridgehead atoms. The molecule has 0 aliphatic carbocycles. The molecular weight excluding hydrogens is 467 g/mol. The summed E-state index contributed by atoms with van der Waals surface area (Å²) in [5.74, 6) is -0.0459. The smallest absolute Gasteiger partial charge is 0.159 e. The fraction of sp³-hybridized carbons (Fsp3) is 0.296. The molecule has 0 unspecified atom stereocenters. The summed E-state index contributed by atoms with van der Waals surface area (Å²) in [4.78, 5) is 13.0. The second-order valence-corrected chi connectivity index (χ2v) is 10.1. The quantitative estimate of drug-likeness (QED) is 0.299. The first-order chi connectivity index (χ1) is 16.3. The van der Waals surface area contributed by atoms with Crippen LogP contribution in [-0.4, -0.2) is 25.2 Å². The van der Waals surface area contributed by atoms with E-state index in [4.69, 9.17) is 11.6 Å². The van der Waals surface area contributed by atoms with Crippen molar-refractivity contribution in [2.45, 2.75) is 51.9 Å². The predicted molar refractivity (Wildman–Crippen MR) is 137 cm³/mol. The van der Waals surface area contributed by atoms with E-state index in [0.29, 0.717) is 33.2 Å². The number of aromatic nitrogens is 3. The summed E-state index contributed by atoms with van der Waals surface area (Å²) in [5.41, 5.74) is 1.74. The number of hydrogen-bond acceptors (Lipinski definition) is 6. The van der Waals surface area contributed by atoms with Gasteiger partial charge in [-0.05, 0) is 70.0 Å². The van der Waals surface area contributed by atoms with Gasteiger partial charge in [-0.3, -0.25) is 4.98 Å². The predicted octanol–water partition coefficient (Wildman–Crippen LogP) is 6.11. The normalized spacial score (nSPS) is 13.2. The van der Waals surface area contributed by atoms with Gasteiger partial charge in [0.2, 0.25) is 0 Å². The number of benzene rings is 2. The van der Waals surface area contributed by atoms with Gasteiger partial charge in [0.05, 0.1) is 27.9 Å². The molecule has 8 heteroatoms. The molecule has 3 N–H and O–H groups in total. The van der Waals surface area contributed by atoms with Gasteiger partial charge < -0.3 is 15.5 Å². The molecule has 0 aliphatic rings. The minimum Gasteiger partial charge on any atom is -0.386 e. The SMILES string of the molecule is C[C@@H](Nc1c(Cl)cnc2ccc(-c3cnc(C(C)(C)O)nc3)cc12)c1cc(C(C)(C)O)ccc1F. The molecular formula is C27H28ClFN4O2.